The van der Waals surface area contributed by atoms with E-state index < -0.39 is 8.32 Å². The molecule has 142 valence electrons. The van der Waals surface area contributed by atoms with Crippen molar-refractivity contribution in [2.24, 2.45) is 0 Å². The molecule has 2 atom stereocenters. The Morgan fingerprint density at radius 1 is 0.923 bits per heavy atom. The SMILES string of the molecule is COc1ccc([C@H](O[Si](C)(C)C(C)(C)C)[C@H](CO)c2ccccc2)cc1. The van der Waals surface area contributed by atoms with Crippen LogP contribution in [0.3, 0.4) is 0 Å². The number of aliphatic hydroxyl groups excluding tert-OH is 1. The first kappa shape index (κ1) is 20.7. The zero-order valence-corrected chi connectivity index (χ0v) is 17.8. The standard InChI is InChI=1S/C22H32O3Si/c1-22(2,3)26(5,6)25-21(18-12-14-19(24-4)15-13-18)20(16-23)17-10-8-7-9-11-17/h7-15,20-21,23H,16H2,1-6H3/t20-,21+/m1/s1. The predicted molar refractivity (Wildman–Crippen MR) is 110 cm³/mol. The maximum absolute atomic E-state index is 10.2. The van der Waals surface area contributed by atoms with E-state index in [-0.39, 0.29) is 23.7 Å². The molecule has 0 saturated heterocycles. The second kappa shape index (κ2) is 8.38. The minimum Gasteiger partial charge on any atom is -0.497 e. The van der Waals surface area contributed by atoms with E-state index in [1.54, 1.807) is 7.11 Å². The molecule has 0 unspecified atom stereocenters. The van der Waals surface area contributed by atoms with Gasteiger partial charge in [0, 0.05) is 5.92 Å². The van der Waals surface area contributed by atoms with Crippen LogP contribution in [0.4, 0.5) is 0 Å². The summed E-state index contributed by atoms with van der Waals surface area (Å²) in [7, 11) is -0.361. The molecule has 0 radical (unpaired) electrons. The van der Waals surface area contributed by atoms with Crippen LogP contribution < -0.4 is 4.74 Å². The van der Waals surface area contributed by atoms with Crippen LogP contribution in [0, 0.1) is 0 Å². The molecule has 2 aromatic carbocycles. The van der Waals surface area contributed by atoms with Gasteiger partial charge in [-0.2, -0.15) is 0 Å². The number of benzene rings is 2. The van der Waals surface area contributed by atoms with E-state index in [4.69, 9.17) is 9.16 Å². The monoisotopic (exact) mass is 372 g/mol. The third kappa shape index (κ3) is 4.75. The van der Waals surface area contributed by atoms with E-state index in [0.29, 0.717) is 0 Å². The number of aliphatic hydroxyl groups is 1. The summed E-state index contributed by atoms with van der Waals surface area (Å²) >= 11 is 0. The molecule has 3 nitrogen and oxygen atoms in total. The van der Waals surface area contributed by atoms with E-state index in [0.717, 1.165) is 16.9 Å². The lowest BCUT2D eigenvalue weighted by Gasteiger charge is -2.41. The number of ether oxygens (including phenoxy) is 1. The molecule has 0 aliphatic heterocycles. The average molecular weight is 373 g/mol. The summed E-state index contributed by atoms with van der Waals surface area (Å²) in [4.78, 5) is 0. The Labute approximate surface area is 159 Å². The number of methoxy groups -OCH3 is 1. The fraction of sp³-hybridized carbons (Fsp3) is 0.455. The fourth-order valence-corrected chi connectivity index (χ4v) is 4.04. The predicted octanol–water partition coefficient (Wildman–Crippen LogP) is 5.53. The summed E-state index contributed by atoms with van der Waals surface area (Å²) in [5.41, 5.74) is 2.16. The highest BCUT2D eigenvalue weighted by atomic mass is 28.4. The third-order valence-corrected chi connectivity index (χ3v) is 9.92. The molecule has 0 aliphatic rings. The van der Waals surface area contributed by atoms with Crippen LogP contribution in [-0.4, -0.2) is 27.1 Å². The molecule has 0 aromatic heterocycles. The quantitative estimate of drug-likeness (QED) is 0.649. The molecule has 26 heavy (non-hydrogen) atoms. The van der Waals surface area contributed by atoms with Gasteiger partial charge < -0.3 is 14.3 Å². The van der Waals surface area contributed by atoms with Gasteiger partial charge in [0.2, 0.25) is 0 Å². The fourth-order valence-electron chi connectivity index (χ4n) is 2.75. The van der Waals surface area contributed by atoms with Crippen LogP contribution in [0.25, 0.3) is 0 Å². The third-order valence-electron chi connectivity index (χ3n) is 5.46. The highest BCUT2D eigenvalue weighted by Gasteiger charge is 2.41. The van der Waals surface area contributed by atoms with Crippen molar-refractivity contribution >= 4 is 8.32 Å². The highest BCUT2D eigenvalue weighted by Crippen LogP contribution is 2.44. The van der Waals surface area contributed by atoms with Crippen molar-refractivity contribution in [3.63, 3.8) is 0 Å². The van der Waals surface area contributed by atoms with Gasteiger partial charge in [-0.1, -0.05) is 63.2 Å². The van der Waals surface area contributed by atoms with Gasteiger partial charge in [-0.3, -0.25) is 0 Å². The molecular weight excluding hydrogens is 340 g/mol. The van der Waals surface area contributed by atoms with Gasteiger partial charge in [-0.25, -0.2) is 0 Å². The van der Waals surface area contributed by atoms with Gasteiger partial charge in [0.05, 0.1) is 19.8 Å². The molecular formula is C22H32O3Si. The van der Waals surface area contributed by atoms with Crippen LogP contribution in [0.2, 0.25) is 18.1 Å². The average Bonchev–Trinajstić information content (AvgIpc) is 2.61. The van der Waals surface area contributed by atoms with Crippen molar-refractivity contribution in [1.29, 1.82) is 0 Å². The minimum atomic E-state index is -2.03. The van der Waals surface area contributed by atoms with E-state index in [9.17, 15) is 5.11 Å². The Hall–Kier alpha value is -1.62. The van der Waals surface area contributed by atoms with Gasteiger partial charge in [0.1, 0.15) is 5.75 Å². The van der Waals surface area contributed by atoms with Crippen LogP contribution in [0.1, 0.15) is 43.9 Å². The molecule has 0 bridgehead atoms. The number of hydrogen-bond acceptors (Lipinski definition) is 3. The second-order valence-corrected chi connectivity index (χ2v) is 13.0. The van der Waals surface area contributed by atoms with Gasteiger partial charge in [-0.05, 0) is 41.4 Å². The number of hydrogen-bond donors (Lipinski definition) is 1. The van der Waals surface area contributed by atoms with Crippen molar-refractivity contribution in [2.75, 3.05) is 13.7 Å². The molecule has 0 aliphatic carbocycles. The molecule has 4 heteroatoms. The topological polar surface area (TPSA) is 38.7 Å². The molecule has 0 heterocycles. The van der Waals surface area contributed by atoms with Crippen molar-refractivity contribution < 1.29 is 14.3 Å². The van der Waals surface area contributed by atoms with Crippen molar-refractivity contribution in [1.82, 2.24) is 0 Å². The Morgan fingerprint density at radius 2 is 1.50 bits per heavy atom. The minimum absolute atomic E-state index is 0.0370. The van der Waals surface area contributed by atoms with Crippen molar-refractivity contribution in [3.8, 4) is 5.75 Å². The summed E-state index contributed by atoms with van der Waals surface area (Å²) in [5, 5.41) is 10.3. The van der Waals surface area contributed by atoms with Gasteiger partial charge in [0.15, 0.2) is 8.32 Å². The normalized spacial score (nSPS) is 14.7. The van der Waals surface area contributed by atoms with Gasteiger partial charge in [0.25, 0.3) is 0 Å². The van der Waals surface area contributed by atoms with Crippen LogP contribution in [0.15, 0.2) is 54.6 Å². The Kier molecular flexibility index (Phi) is 6.67. The summed E-state index contributed by atoms with van der Waals surface area (Å²) < 4.78 is 12.1. The molecule has 0 saturated carbocycles. The van der Waals surface area contributed by atoms with E-state index >= 15 is 0 Å². The summed E-state index contributed by atoms with van der Waals surface area (Å²) in [6, 6.07) is 18.1. The summed E-state index contributed by atoms with van der Waals surface area (Å²) in [5.74, 6) is 0.707. The first-order chi connectivity index (χ1) is 12.2. The first-order valence-corrected chi connectivity index (χ1v) is 12.1. The molecule has 1 N–H and O–H groups in total. The maximum atomic E-state index is 10.2. The summed E-state index contributed by atoms with van der Waals surface area (Å²) in [6.07, 6.45) is -0.200. The van der Waals surface area contributed by atoms with Gasteiger partial charge in [-0.15, -0.1) is 0 Å². The van der Waals surface area contributed by atoms with E-state index in [2.05, 4.69) is 46.0 Å². The first-order valence-electron chi connectivity index (χ1n) is 9.17. The maximum Gasteiger partial charge on any atom is 0.192 e. The Morgan fingerprint density at radius 3 is 1.96 bits per heavy atom. The van der Waals surface area contributed by atoms with Crippen molar-refractivity contribution in [3.05, 3.63) is 65.7 Å². The smallest absolute Gasteiger partial charge is 0.192 e. The van der Waals surface area contributed by atoms with Crippen LogP contribution >= 0.6 is 0 Å². The van der Waals surface area contributed by atoms with Crippen molar-refractivity contribution in [2.45, 2.75) is 50.9 Å². The summed E-state index contributed by atoms with van der Waals surface area (Å²) in [6.45, 7) is 11.3. The number of rotatable bonds is 7. The molecule has 2 rings (SSSR count). The Bertz CT molecular complexity index is 675. The lowest BCUT2D eigenvalue weighted by Crippen LogP contribution is -2.43. The lowest BCUT2D eigenvalue weighted by atomic mass is 9.90. The molecule has 2 aromatic rings. The van der Waals surface area contributed by atoms with Gasteiger partial charge >= 0.3 is 0 Å². The van der Waals surface area contributed by atoms with E-state index in [1.165, 1.54) is 0 Å². The van der Waals surface area contributed by atoms with Crippen LogP contribution in [0.5, 0.6) is 5.75 Å². The largest absolute Gasteiger partial charge is 0.497 e. The lowest BCUT2D eigenvalue weighted by molar-refractivity contribution is 0.114. The second-order valence-electron chi connectivity index (χ2n) is 8.27. The highest BCUT2D eigenvalue weighted by molar-refractivity contribution is 6.74. The molecule has 0 amide bonds. The zero-order valence-electron chi connectivity index (χ0n) is 16.8. The zero-order chi connectivity index (χ0) is 19.4. The molecule has 0 fully saturated rings. The van der Waals surface area contributed by atoms with Crippen LogP contribution in [-0.2, 0) is 4.43 Å². The molecule has 0 spiro atoms. The van der Waals surface area contributed by atoms with E-state index in [1.807, 2.05) is 42.5 Å². The Balaban J connectivity index is 2.46.